The first-order valence-electron chi connectivity index (χ1n) is 9.21. The molecule has 0 radical (unpaired) electrons. The molecule has 1 aliphatic rings. The number of nitrogens with zero attached hydrogens (tertiary/aromatic N) is 3. The van der Waals surface area contributed by atoms with Gasteiger partial charge < -0.3 is 19.1 Å². The third-order valence-electron chi connectivity index (χ3n) is 5.51. The first-order chi connectivity index (χ1) is 12.8. The van der Waals surface area contributed by atoms with E-state index in [0.29, 0.717) is 19.6 Å². The van der Waals surface area contributed by atoms with Crippen LogP contribution in [-0.4, -0.2) is 48.2 Å². The van der Waals surface area contributed by atoms with Gasteiger partial charge in [-0.25, -0.2) is 0 Å². The van der Waals surface area contributed by atoms with E-state index in [1.165, 1.54) is 0 Å². The minimum absolute atomic E-state index is 0.0116. The van der Waals surface area contributed by atoms with E-state index in [1.807, 2.05) is 45.0 Å². The highest BCUT2D eigenvalue weighted by Gasteiger charge is 2.30. The number of rotatable bonds is 3. The average Bonchev–Trinajstić information content (AvgIpc) is 2.68. The van der Waals surface area contributed by atoms with Gasteiger partial charge in [-0.3, -0.25) is 9.59 Å². The molecule has 6 heteroatoms. The summed E-state index contributed by atoms with van der Waals surface area (Å²) in [5, 5.41) is 0. The van der Waals surface area contributed by atoms with Crippen molar-refractivity contribution in [3.8, 4) is 5.75 Å². The largest absolute Gasteiger partial charge is 0.495 e. The first kappa shape index (κ1) is 19.0. The third-order valence-corrected chi connectivity index (χ3v) is 5.51. The van der Waals surface area contributed by atoms with Crippen molar-refractivity contribution in [1.29, 1.82) is 0 Å². The minimum atomic E-state index is -0.234. The molecule has 1 aliphatic heterocycles. The highest BCUT2D eigenvalue weighted by atomic mass is 16.5. The van der Waals surface area contributed by atoms with Crippen LogP contribution in [0.2, 0.25) is 0 Å². The number of carbonyl (C=O) groups excluding carboxylic acids is 1. The Hall–Kier alpha value is -2.76. The second-order valence-electron chi connectivity index (χ2n) is 7.16. The molecule has 0 bridgehead atoms. The zero-order valence-electron chi connectivity index (χ0n) is 16.7. The third kappa shape index (κ3) is 3.44. The summed E-state index contributed by atoms with van der Waals surface area (Å²) >= 11 is 0. The lowest BCUT2D eigenvalue weighted by Crippen LogP contribution is -2.55. The maximum Gasteiger partial charge on any atom is 0.263 e. The number of amides is 1. The van der Waals surface area contributed by atoms with Crippen LogP contribution in [0.4, 0.5) is 5.69 Å². The van der Waals surface area contributed by atoms with Gasteiger partial charge in [0.25, 0.3) is 11.5 Å². The van der Waals surface area contributed by atoms with E-state index in [4.69, 9.17) is 4.74 Å². The number of ether oxygens (including phenoxy) is 1. The molecule has 0 unspecified atom stereocenters. The molecule has 1 aromatic carbocycles. The van der Waals surface area contributed by atoms with Gasteiger partial charge in [-0.1, -0.05) is 12.1 Å². The van der Waals surface area contributed by atoms with Crippen LogP contribution in [0.3, 0.4) is 0 Å². The monoisotopic (exact) mass is 369 g/mol. The standard InChI is InChI=1S/C21H27N3O3/c1-14-12-17(20(25)22(4)16(14)3)21(26)24-11-10-23(13-15(24)2)18-8-6-7-9-19(18)27-5/h6-9,12,15H,10-11,13H2,1-5H3/t15-/m1/s1. The SMILES string of the molecule is COc1ccccc1N1CCN(C(=O)c2cc(C)c(C)n(C)c2=O)[C@H](C)C1. The maximum atomic E-state index is 13.1. The molecule has 2 aromatic rings. The highest BCUT2D eigenvalue weighted by Crippen LogP contribution is 2.29. The van der Waals surface area contributed by atoms with E-state index in [1.54, 1.807) is 29.7 Å². The molecular formula is C21H27N3O3. The predicted molar refractivity (Wildman–Crippen MR) is 107 cm³/mol. The predicted octanol–water partition coefficient (Wildman–Crippen LogP) is 2.36. The molecule has 1 aromatic heterocycles. The van der Waals surface area contributed by atoms with Gasteiger partial charge in [-0.15, -0.1) is 0 Å². The summed E-state index contributed by atoms with van der Waals surface area (Å²) in [5.41, 5.74) is 2.87. The van der Waals surface area contributed by atoms with E-state index < -0.39 is 0 Å². The normalized spacial score (nSPS) is 17.1. The van der Waals surface area contributed by atoms with Crippen LogP contribution >= 0.6 is 0 Å². The molecule has 1 fully saturated rings. The van der Waals surface area contributed by atoms with E-state index >= 15 is 0 Å². The topological polar surface area (TPSA) is 54.8 Å². The van der Waals surface area contributed by atoms with E-state index in [-0.39, 0.29) is 23.1 Å². The Bertz CT molecular complexity index is 919. The number of hydrogen-bond donors (Lipinski definition) is 0. The fourth-order valence-electron chi connectivity index (χ4n) is 3.66. The van der Waals surface area contributed by atoms with Gasteiger partial charge >= 0.3 is 0 Å². The van der Waals surface area contributed by atoms with Crippen molar-refractivity contribution >= 4 is 11.6 Å². The van der Waals surface area contributed by atoms with Crippen LogP contribution in [0.25, 0.3) is 0 Å². The quantitative estimate of drug-likeness (QED) is 0.834. The number of piperazine rings is 1. The van der Waals surface area contributed by atoms with Gasteiger partial charge in [-0.05, 0) is 44.5 Å². The molecule has 3 rings (SSSR count). The summed E-state index contributed by atoms with van der Waals surface area (Å²) in [6, 6.07) is 9.61. The number of methoxy groups -OCH3 is 1. The van der Waals surface area contributed by atoms with Crippen LogP contribution in [0.15, 0.2) is 35.1 Å². The number of carbonyl (C=O) groups is 1. The Labute approximate surface area is 160 Å². The van der Waals surface area contributed by atoms with E-state index in [2.05, 4.69) is 4.90 Å². The van der Waals surface area contributed by atoms with Crippen LogP contribution in [-0.2, 0) is 7.05 Å². The van der Waals surface area contributed by atoms with Crippen molar-refractivity contribution in [1.82, 2.24) is 9.47 Å². The molecule has 27 heavy (non-hydrogen) atoms. The van der Waals surface area contributed by atoms with Gasteiger partial charge in [0.2, 0.25) is 0 Å². The molecule has 2 heterocycles. The van der Waals surface area contributed by atoms with Gasteiger partial charge in [0.15, 0.2) is 0 Å². The average molecular weight is 369 g/mol. The van der Waals surface area contributed by atoms with Crippen molar-refractivity contribution in [2.24, 2.45) is 7.05 Å². The van der Waals surface area contributed by atoms with Crippen molar-refractivity contribution in [2.75, 3.05) is 31.6 Å². The minimum Gasteiger partial charge on any atom is -0.495 e. The molecule has 0 spiro atoms. The molecule has 0 aliphatic carbocycles. The van der Waals surface area contributed by atoms with E-state index in [0.717, 1.165) is 22.7 Å². The molecule has 6 nitrogen and oxygen atoms in total. The van der Waals surface area contributed by atoms with Crippen LogP contribution in [0.5, 0.6) is 5.75 Å². The fourth-order valence-corrected chi connectivity index (χ4v) is 3.66. The zero-order valence-corrected chi connectivity index (χ0v) is 16.7. The van der Waals surface area contributed by atoms with Gasteiger partial charge in [0, 0.05) is 38.4 Å². The summed E-state index contributed by atoms with van der Waals surface area (Å²) in [4.78, 5) is 29.7. The molecule has 144 valence electrons. The molecule has 0 N–H and O–H groups in total. The molecule has 1 atom stereocenters. The summed E-state index contributed by atoms with van der Waals surface area (Å²) in [6.07, 6.45) is 0. The first-order valence-corrected chi connectivity index (χ1v) is 9.21. The zero-order chi connectivity index (χ0) is 19.7. The summed E-state index contributed by atoms with van der Waals surface area (Å²) in [6.45, 7) is 7.78. The Kier molecular flexibility index (Phi) is 5.26. The number of aryl methyl sites for hydroxylation is 1. The summed E-state index contributed by atoms with van der Waals surface area (Å²) < 4.78 is 7.02. The Balaban J connectivity index is 1.83. The van der Waals surface area contributed by atoms with E-state index in [9.17, 15) is 9.59 Å². The van der Waals surface area contributed by atoms with Crippen LogP contribution in [0.1, 0.15) is 28.5 Å². The van der Waals surface area contributed by atoms with Crippen molar-refractivity contribution in [3.05, 3.63) is 57.5 Å². The number of anilines is 1. The second kappa shape index (κ2) is 7.47. The number of para-hydroxylation sites is 2. The van der Waals surface area contributed by atoms with Crippen molar-refractivity contribution in [3.63, 3.8) is 0 Å². The number of benzene rings is 1. The number of aromatic nitrogens is 1. The highest BCUT2D eigenvalue weighted by molar-refractivity contribution is 5.94. The molecule has 0 saturated carbocycles. The van der Waals surface area contributed by atoms with Crippen molar-refractivity contribution < 1.29 is 9.53 Å². The Morgan fingerprint density at radius 3 is 2.56 bits per heavy atom. The lowest BCUT2D eigenvalue weighted by Gasteiger charge is -2.41. The number of hydrogen-bond acceptors (Lipinski definition) is 4. The van der Waals surface area contributed by atoms with Crippen LogP contribution in [0, 0.1) is 13.8 Å². The summed E-state index contributed by atoms with van der Waals surface area (Å²) in [5.74, 6) is 0.637. The Morgan fingerprint density at radius 2 is 1.89 bits per heavy atom. The number of pyridine rings is 1. The Morgan fingerprint density at radius 1 is 1.19 bits per heavy atom. The van der Waals surface area contributed by atoms with Crippen molar-refractivity contribution in [2.45, 2.75) is 26.8 Å². The van der Waals surface area contributed by atoms with Gasteiger partial charge in [0.05, 0.1) is 12.8 Å². The smallest absolute Gasteiger partial charge is 0.263 e. The molecule has 1 saturated heterocycles. The van der Waals surface area contributed by atoms with Gasteiger partial charge in [0.1, 0.15) is 11.3 Å². The van der Waals surface area contributed by atoms with Crippen LogP contribution < -0.4 is 15.2 Å². The van der Waals surface area contributed by atoms with Gasteiger partial charge in [-0.2, -0.15) is 0 Å². The molecular weight excluding hydrogens is 342 g/mol. The second-order valence-corrected chi connectivity index (χ2v) is 7.16. The maximum absolute atomic E-state index is 13.1. The lowest BCUT2D eigenvalue weighted by atomic mass is 10.1. The lowest BCUT2D eigenvalue weighted by molar-refractivity contribution is 0.0671. The summed E-state index contributed by atoms with van der Waals surface area (Å²) in [7, 11) is 3.38. The molecule has 1 amide bonds. The fraction of sp³-hybridized carbons (Fsp3) is 0.429.